The van der Waals surface area contributed by atoms with E-state index in [9.17, 15) is 9.90 Å². The van der Waals surface area contributed by atoms with Crippen LogP contribution in [0.3, 0.4) is 0 Å². The number of aromatic nitrogens is 4. The second kappa shape index (κ2) is 19.3. The Bertz CT molecular complexity index is 2310. The maximum Gasteiger partial charge on any atom is 0.256 e. The van der Waals surface area contributed by atoms with Crippen LogP contribution in [0.25, 0.3) is 11.2 Å². The van der Waals surface area contributed by atoms with Crippen LogP contribution in [0.5, 0.6) is 11.5 Å². The van der Waals surface area contributed by atoms with E-state index in [2.05, 4.69) is 61.8 Å². The number of benzene rings is 4. The lowest BCUT2D eigenvalue weighted by Gasteiger charge is -2.42. The topological polar surface area (TPSA) is 148 Å². The van der Waals surface area contributed by atoms with Gasteiger partial charge in [-0.15, -0.1) is 0 Å². The molecule has 4 atom stereocenters. The number of nitrogens with one attached hydrogen (secondary N) is 1. The molecule has 1 amide bonds. The maximum atomic E-state index is 13.2. The van der Waals surface area contributed by atoms with Crippen molar-refractivity contribution in [3.05, 3.63) is 144 Å². The van der Waals surface area contributed by atoms with Crippen LogP contribution in [0, 0.1) is 0 Å². The average molecular weight is 860 g/mol. The Morgan fingerprint density at radius 3 is 1.87 bits per heavy atom. The largest absolute Gasteiger partial charge is 0.497 e. The summed E-state index contributed by atoms with van der Waals surface area (Å²) < 4.78 is 40.3. The molecule has 7 rings (SSSR count). The van der Waals surface area contributed by atoms with Crippen molar-refractivity contribution in [1.29, 1.82) is 0 Å². The first-order chi connectivity index (χ1) is 29.9. The molecule has 1 aliphatic heterocycles. The molecule has 1 fully saturated rings. The fourth-order valence-electron chi connectivity index (χ4n) is 9.15. The molecule has 2 N–H and O–H groups in total. The van der Waals surface area contributed by atoms with Crippen molar-refractivity contribution in [3.63, 3.8) is 0 Å². The minimum atomic E-state index is -2.36. The van der Waals surface area contributed by atoms with E-state index in [0.29, 0.717) is 44.8 Å². The van der Waals surface area contributed by atoms with Crippen LogP contribution < -0.4 is 14.8 Å². The van der Waals surface area contributed by atoms with Gasteiger partial charge in [0.2, 0.25) is 8.32 Å². The highest BCUT2D eigenvalue weighted by atomic mass is 28.4. The van der Waals surface area contributed by atoms with Crippen LogP contribution >= 0.6 is 0 Å². The molecule has 1 aliphatic rings. The minimum absolute atomic E-state index is 0.0540. The van der Waals surface area contributed by atoms with E-state index in [-0.39, 0.29) is 25.1 Å². The number of ether oxygens (including phenoxy) is 5. The van der Waals surface area contributed by atoms with Crippen LogP contribution in [-0.4, -0.2) is 84.8 Å². The molecule has 62 heavy (non-hydrogen) atoms. The summed E-state index contributed by atoms with van der Waals surface area (Å²) in [6.45, 7) is 13.2. The number of amides is 1. The van der Waals surface area contributed by atoms with E-state index in [1.165, 1.54) is 6.33 Å². The molecule has 0 spiro atoms. The van der Waals surface area contributed by atoms with E-state index in [0.717, 1.165) is 16.7 Å². The summed E-state index contributed by atoms with van der Waals surface area (Å²) in [7, 11) is 0.904. The van der Waals surface area contributed by atoms with Crippen molar-refractivity contribution in [1.82, 2.24) is 19.5 Å². The van der Waals surface area contributed by atoms with Gasteiger partial charge in [-0.05, 0) is 69.7 Å². The lowest BCUT2D eigenvalue weighted by atomic mass is 9.80. The van der Waals surface area contributed by atoms with Gasteiger partial charge in [0.15, 0.2) is 23.2 Å². The molecule has 0 aliphatic carbocycles. The number of hydrogen-bond donors (Lipinski definition) is 2. The quantitative estimate of drug-likeness (QED) is 0.0485. The molecule has 326 valence electrons. The molecule has 6 aromatic rings. The zero-order valence-electron chi connectivity index (χ0n) is 36.6. The van der Waals surface area contributed by atoms with Gasteiger partial charge in [-0.2, -0.15) is 0 Å². The van der Waals surface area contributed by atoms with E-state index in [1.807, 2.05) is 84.9 Å². The van der Waals surface area contributed by atoms with E-state index in [4.69, 9.17) is 28.1 Å². The predicted molar refractivity (Wildman–Crippen MR) is 240 cm³/mol. The predicted octanol–water partition coefficient (Wildman–Crippen LogP) is 8.90. The second-order valence-corrected chi connectivity index (χ2v) is 21.9. The zero-order chi connectivity index (χ0) is 44.0. The third-order valence-electron chi connectivity index (χ3n) is 12.1. The van der Waals surface area contributed by atoms with Crippen molar-refractivity contribution in [2.24, 2.45) is 0 Å². The Morgan fingerprint density at radius 1 is 0.774 bits per heavy atom. The van der Waals surface area contributed by atoms with E-state index >= 15 is 0 Å². The monoisotopic (exact) mass is 859 g/mol. The molecule has 0 saturated carbocycles. The molecular formula is C48H57N5O8Si. The number of methoxy groups -OCH3 is 2. The van der Waals surface area contributed by atoms with Gasteiger partial charge in [-0.25, -0.2) is 15.0 Å². The molecule has 0 bridgehead atoms. The Morgan fingerprint density at radius 2 is 1.32 bits per heavy atom. The van der Waals surface area contributed by atoms with Crippen molar-refractivity contribution in [3.8, 4) is 11.5 Å². The number of carbonyl (C=O) groups is 1. The SMILES string of the molecule is COc1ccc(C(OC[C@H]2O[C@@H](n3cnc4c(NC(=O)c5ccccc5)ncnc43)[C@H](OCO[Si](C(C)C)(C(C)C)C(C)C)[C@@H]2O)(c2ccccc2)c2ccc(OC)cc2)cc1. The van der Waals surface area contributed by atoms with Gasteiger partial charge in [-0.3, -0.25) is 9.36 Å². The highest BCUT2D eigenvalue weighted by Gasteiger charge is 2.50. The molecule has 3 heterocycles. The lowest BCUT2D eigenvalue weighted by Crippen LogP contribution is -2.49. The molecule has 4 aromatic carbocycles. The lowest BCUT2D eigenvalue weighted by molar-refractivity contribution is -0.114. The second-order valence-electron chi connectivity index (χ2n) is 16.4. The van der Waals surface area contributed by atoms with Crippen LogP contribution in [0.4, 0.5) is 5.82 Å². The summed E-state index contributed by atoms with van der Waals surface area (Å²) in [4.78, 5) is 26.8. The van der Waals surface area contributed by atoms with Crippen LogP contribution in [0.2, 0.25) is 16.6 Å². The molecule has 0 unspecified atom stereocenters. The third-order valence-corrected chi connectivity index (χ3v) is 18.2. The summed E-state index contributed by atoms with van der Waals surface area (Å²) in [5.74, 6) is 1.29. The first kappa shape index (κ1) is 44.6. The average Bonchev–Trinajstić information content (AvgIpc) is 3.86. The summed E-state index contributed by atoms with van der Waals surface area (Å²) in [6, 6.07) is 34.3. The molecule has 1 saturated heterocycles. The van der Waals surface area contributed by atoms with Crippen molar-refractivity contribution in [2.75, 3.05) is 32.9 Å². The number of hydrogen-bond acceptors (Lipinski definition) is 11. The van der Waals surface area contributed by atoms with Gasteiger partial charge in [0, 0.05) is 5.56 Å². The normalized spacial score (nSPS) is 18.2. The standard InChI is InChI=1S/C48H57N5O8Si/c1-31(2)62(32(3)4,33(5)6)60-30-58-43-42(54)40(61-47(43)53-29-51-41-44(49-28-50-45(41)53)52-46(55)34-15-11-9-12-16-34)27-59-48(35-17-13-10-14-18-35,36-19-23-38(56-7)24-20-36)37-21-25-39(57-8)26-22-37/h9-26,28-29,31-33,40,42-43,47,54H,27,30H2,1-8H3,(H,49,50,52,55)/t40-,42-,43-,47-/m1/s1. The number of carbonyl (C=O) groups excluding carboxylic acids is 1. The van der Waals surface area contributed by atoms with Crippen molar-refractivity contribution in [2.45, 2.75) is 88.3 Å². The number of aliphatic hydroxyl groups is 1. The van der Waals surface area contributed by atoms with Crippen molar-refractivity contribution >= 4 is 31.2 Å². The fourth-order valence-corrected chi connectivity index (χ4v) is 14.4. The molecule has 2 aromatic heterocycles. The summed E-state index contributed by atoms with van der Waals surface area (Å²) in [5, 5.41) is 15.2. The fraction of sp³-hybridized carbons (Fsp3) is 0.375. The maximum absolute atomic E-state index is 13.2. The smallest absolute Gasteiger partial charge is 0.256 e. The van der Waals surface area contributed by atoms with E-state index < -0.39 is 38.5 Å². The highest BCUT2D eigenvalue weighted by Crippen LogP contribution is 2.45. The Labute approximate surface area is 364 Å². The van der Waals surface area contributed by atoms with Crippen LogP contribution in [-0.2, 0) is 24.2 Å². The number of imidazole rings is 1. The highest BCUT2D eigenvalue weighted by molar-refractivity contribution is 6.77. The van der Waals surface area contributed by atoms with Gasteiger partial charge >= 0.3 is 0 Å². The van der Waals surface area contributed by atoms with Gasteiger partial charge < -0.3 is 38.5 Å². The molecule has 13 nitrogen and oxygen atoms in total. The summed E-state index contributed by atoms with van der Waals surface area (Å²) in [5.41, 5.74) is 3.49. The molecular weight excluding hydrogens is 803 g/mol. The summed E-state index contributed by atoms with van der Waals surface area (Å²) >= 11 is 0. The Kier molecular flexibility index (Phi) is 13.9. The first-order valence-electron chi connectivity index (χ1n) is 21.1. The van der Waals surface area contributed by atoms with E-state index in [1.54, 1.807) is 49.4 Å². The van der Waals surface area contributed by atoms with Gasteiger partial charge in [-0.1, -0.05) is 114 Å². The molecule has 0 radical (unpaired) electrons. The van der Waals surface area contributed by atoms with Gasteiger partial charge in [0.05, 0.1) is 27.2 Å². The molecule has 14 heteroatoms. The number of nitrogens with zero attached hydrogens (tertiary/aromatic N) is 4. The Hall–Kier alpha value is -5.48. The van der Waals surface area contributed by atoms with Crippen LogP contribution in [0.1, 0.15) is 74.8 Å². The Balaban J connectivity index is 1.26. The van der Waals surface area contributed by atoms with Crippen LogP contribution in [0.15, 0.2) is 122 Å². The van der Waals surface area contributed by atoms with Gasteiger partial charge in [0.25, 0.3) is 5.91 Å². The minimum Gasteiger partial charge on any atom is -0.497 e. The number of aliphatic hydroxyl groups excluding tert-OH is 1. The number of anilines is 1. The number of fused-ring (bicyclic) bond motifs is 1. The first-order valence-corrected chi connectivity index (χ1v) is 23.2. The van der Waals surface area contributed by atoms with Crippen molar-refractivity contribution < 1.29 is 38.0 Å². The van der Waals surface area contributed by atoms with Gasteiger partial charge in [0.1, 0.15) is 48.5 Å². The zero-order valence-corrected chi connectivity index (χ0v) is 37.6. The number of rotatable bonds is 18. The summed E-state index contributed by atoms with van der Waals surface area (Å²) in [6.07, 6.45) is -1.03. The third kappa shape index (κ3) is 8.63.